The lowest BCUT2D eigenvalue weighted by Crippen LogP contribution is -2.05. The van der Waals surface area contributed by atoms with E-state index in [0.717, 1.165) is 24.1 Å². The van der Waals surface area contributed by atoms with E-state index < -0.39 is 0 Å². The van der Waals surface area contributed by atoms with Crippen LogP contribution in [0.1, 0.15) is 18.2 Å². The summed E-state index contributed by atoms with van der Waals surface area (Å²) in [5.41, 5.74) is 2.12. The summed E-state index contributed by atoms with van der Waals surface area (Å²) in [5, 5.41) is 14.4. The first-order valence-corrected chi connectivity index (χ1v) is 6.51. The average Bonchev–Trinajstić information content (AvgIpc) is 2.75. The summed E-state index contributed by atoms with van der Waals surface area (Å²) in [7, 11) is 0. The minimum atomic E-state index is -0.102. The van der Waals surface area contributed by atoms with Crippen LogP contribution in [0.15, 0.2) is 29.6 Å². The molecule has 1 aromatic heterocycles. The van der Waals surface area contributed by atoms with Crippen molar-refractivity contribution in [1.82, 2.24) is 4.98 Å². The quantitative estimate of drug-likeness (QED) is 0.890. The number of thiazole rings is 1. The van der Waals surface area contributed by atoms with Crippen LogP contribution >= 0.6 is 11.3 Å². The lowest BCUT2D eigenvalue weighted by Gasteiger charge is -1.99. The second-order valence-corrected chi connectivity index (χ2v) is 4.85. The minimum absolute atomic E-state index is 0.102. The molecule has 0 aliphatic heterocycles. The number of carbonyl (C=O) groups excluding carboxylic acids is 1. The summed E-state index contributed by atoms with van der Waals surface area (Å²) in [6.45, 7) is 1.47. The van der Waals surface area contributed by atoms with Gasteiger partial charge in [-0.3, -0.25) is 4.79 Å². The van der Waals surface area contributed by atoms with Crippen molar-refractivity contribution >= 4 is 22.4 Å². The van der Waals surface area contributed by atoms with E-state index >= 15 is 0 Å². The molecule has 0 saturated heterocycles. The van der Waals surface area contributed by atoms with Crippen LogP contribution in [0, 0.1) is 0 Å². The summed E-state index contributed by atoms with van der Waals surface area (Å²) in [4.78, 5) is 15.2. The smallest absolute Gasteiger partial charge is 0.223 e. The van der Waals surface area contributed by atoms with Crippen LogP contribution in [0.25, 0.3) is 0 Å². The Hall–Kier alpha value is -1.88. The van der Waals surface area contributed by atoms with Gasteiger partial charge in [0.05, 0.1) is 5.69 Å². The van der Waals surface area contributed by atoms with Crippen molar-refractivity contribution in [3.63, 3.8) is 0 Å². The topological polar surface area (TPSA) is 62.2 Å². The minimum Gasteiger partial charge on any atom is -0.508 e. The predicted molar refractivity (Wildman–Crippen MR) is 71.9 cm³/mol. The van der Waals surface area contributed by atoms with Crippen LogP contribution in [0.4, 0.5) is 5.13 Å². The first kappa shape index (κ1) is 12.6. The van der Waals surface area contributed by atoms with Gasteiger partial charge in [-0.05, 0) is 30.5 Å². The second kappa shape index (κ2) is 5.64. The summed E-state index contributed by atoms with van der Waals surface area (Å²) in [6.07, 6.45) is 1.68. The molecule has 1 heterocycles. The molecular formula is C13H14N2O2S. The second-order valence-electron chi connectivity index (χ2n) is 3.99. The van der Waals surface area contributed by atoms with E-state index in [-0.39, 0.29) is 11.7 Å². The van der Waals surface area contributed by atoms with Gasteiger partial charge in [0.1, 0.15) is 5.75 Å². The van der Waals surface area contributed by atoms with Crippen LogP contribution in [0.3, 0.4) is 0 Å². The van der Waals surface area contributed by atoms with Crippen LogP contribution in [0.5, 0.6) is 5.75 Å². The molecule has 0 unspecified atom stereocenters. The predicted octanol–water partition coefficient (Wildman–Crippen LogP) is 2.59. The molecule has 4 nitrogen and oxygen atoms in total. The van der Waals surface area contributed by atoms with Gasteiger partial charge in [0.2, 0.25) is 5.91 Å². The number of phenols is 1. The number of amides is 1. The van der Waals surface area contributed by atoms with Crippen molar-refractivity contribution in [3.8, 4) is 5.75 Å². The van der Waals surface area contributed by atoms with Gasteiger partial charge < -0.3 is 10.4 Å². The van der Waals surface area contributed by atoms with Crippen LogP contribution in [0.2, 0.25) is 0 Å². The van der Waals surface area contributed by atoms with E-state index in [4.69, 9.17) is 0 Å². The number of hydrogen-bond donors (Lipinski definition) is 2. The van der Waals surface area contributed by atoms with Gasteiger partial charge in [-0.1, -0.05) is 12.1 Å². The third-order valence-electron chi connectivity index (χ3n) is 2.44. The van der Waals surface area contributed by atoms with Crippen LogP contribution in [-0.4, -0.2) is 16.0 Å². The Balaban J connectivity index is 1.92. The third kappa shape index (κ3) is 3.56. The molecule has 0 fully saturated rings. The molecule has 2 aromatic rings. The number of phenolic OH excluding ortho intramolecular Hbond substituents is 1. The van der Waals surface area contributed by atoms with E-state index in [1.807, 2.05) is 17.5 Å². The van der Waals surface area contributed by atoms with Gasteiger partial charge >= 0.3 is 0 Å². The molecule has 0 saturated carbocycles. The van der Waals surface area contributed by atoms with E-state index in [1.54, 1.807) is 12.1 Å². The maximum absolute atomic E-state index is 10.9. The van der Waals surface area contributed by atoms with Crippen molar-refractivity contribution in [2.75, 3.05) is 5.32 Å². The zero-order chi connectivity index (χ0) is 13.0. The van der Waals surface area contributed by atoms with Gasteiger partial charge in [0.15, 0.2) is 5.13 Å². The maximum Gasteiger partial charge on any atom is 0.223 e. The lowest BCUT2D eigenvalue weighted by molar-refractivity contribution is -0.114. The standard InChI is InChI=1S/C13H14N2O2S/c1-9(16)14-13-15-11(8-18-13)5-2-10-3-6-12(17)7-4-10/h3-4,6-8,17H,2,5H2,1H3,(H,14,15,16). The number of anilines is 1. The summed E-state index contributed by atoms with van der Waals surface area (Å²) in [5.74, 6) is 0.176. The van der Waals surface area contributed by atoms with E-state index in [0.29, 0.717) is 5.13 Å². The molecule has 0 aliphatic carbocycles. The number of aromatic nitrogens is 1. The first-order valence-electron chi connectivity index (χ1n) is 5.63. The normalized spacial score (nSPS) is 10.3. The molecule has 1 aromatic carbocycles. The van der Waals surface area contributed by atoms with Gasteiger partial charge in [-0.15, -0.1) is 11.3 Å². The van der Waals surface area contributed by atoms with Crippen molar-refractivity contribution in [3.05, 3.63) is 40.9 Å². The van der Waals surface area contributed by atoms with E-state index in [1.165, 1.54) is 18.3 Å². The molecule has 0 aliphatic rings. The fraction of sp³-hybridized carbons (Fsp3) is 0.231. The Labute approximate surface area is 109 Å². The number of rotatable bonds is 4. The maximum atomic E-state index is 10.9. The van der Waals surface area contributed by atoms with Gasteiger partial charge in [-0.2, -0.15) is 0 Å². The zero-order valence-electron chi connectivity index (χ0n) is 10.0. The summed E-state index contributed by atoms with van der Waals surface area (Å²) >= 11 is 1.43. The summed E-state index contributed by atoms with van der Waals surface area (Å²) in [6, 6.07) is 7.16. The SMILES string of the molecule is CC(=O)Nc1nc(CCc2ccc(O)cc2)cs1. The van der Waals surface area contributed by atoms with Gasteiger partial charge in [0, 0.05) is 12.3 Å². The molecule has 1 amide bonds. The van der Waals surface area contributed by atoms with E-state index in [2.05, 4.69) is 10.3 Å². The van der Waals surface area contributed by atoms with E-state index in [9.17, 15) is 9.90 Å². The highest BCUT2D eigenvalue weighted by Crippen LogP contribution is 2.17. The molecule has 18 heavy (non-hydrogen) atoms. The molecular weight excluding hydrogens is 248 g/mol. The number of aryl methyl sites for hydroxylation is 2. The van der Waals surface area contributed by atoms with Crippen molar-refractivity contribution in [1.29, 1.82) is 0 Å². The molecule has 2 N–H and O–H groups in total. The zero-order valence-corrected chi connectivity index (χ0v) is 10.8. The van der Waals surface area contributed by atoms with Gasteiger partial charge in [-0.25, -0.2) is 4.98 Å². The Kier molecular flexibility index (Phi) is 3.94. The highest BCUT2D eigenvalue weighted by atomic mass is 32.1. The number of benzene rings is 1. The first-order chi connectivity index (χ1) is 8.63. The molecule has 0 radical (unpaired) electrons. The number of hydrogen-bond acceptors (Lipinski definition) is 4. The van der Waals surface area contributed by atoms with Gasteiger partial charge in [0.25, 0.3) is 0 Å². The van der Waals surface area contributed by atoms with Crippen LogP contribution in [-0.2, 0) is 17.6 Å². The lowest BCUT2D eigenvalue weighted by atomic mass is 10.1. The van der Waals surface area contributed by atoms with Crippen molar-refractivity contribution in [2.24, 2.45) is 0 Å². The van der Waals surface area contributed by atoms with Crippen LogP contribution < -0.4 is 5.32 Å². The number of nitrogens with zero attached hydrogens (tertiary/aromatic N) is 1. The fourth-order valence-corrected chi connectivity index (χ4v) is 2.36. The highest BCUT2D eigenvalue weighted by Gasteiger charge is 2.03. The third-order valence-corrected chi connectivity index (χ3v) is 3.25. The van der Waals surface area contributed by atoms with Crippen molar-refractivity contribution < 1.29 is 9.90 Å². The molecule has 5 heteroatoms. The molecule has 0 atom stereocenters. The summed E-state index contributed by atoms with van der Waals surface area (Å²) < 4.78 is 0. The Bertz CT molecular complexity index is 534. The van der Waals surface area contributed by atoms with Crippen molar-refractivity contribution in [2.45, 2.75) is 19.8 Å². The number of nitrogens with one attached hydrogen (secondary N) is 1. The monoisotopic (exact) mass is 262 g/mol. The highest BCUT2D eigenvalue weighted by molar-refractivity contribution is 7.13. The average molecular weight is 262 g/mol. The number of aromatic hydroxyl groups is 1. The molecule has 0 spiro atoms. The largest absolute Gasteiger partial charge is 0.508 e. The number of carbonyl (C=O) groups is 1. The Morgan fingerprint density at radius 2 is 2.06 bits per heavy atom. The molecule has 2 rings (SSSR count). The molecule has 0 bridgehead atoms. The fourth-order valence-electron chi connectivity index (χ4n) is 1.56. The Morgan fingerprint density at radius 3 is 2.72 bits per heavy atom. The Morgan fingerprint density at radius 1 is 1.33 bits per heavy atom. The molecule has 94 valence electrons.